The first kappa shape index (κ1) is 24.4. The molecular weight excluding hydrogens is 436 g/mol. The summed E-state index contributed by atoms with van der Waals surface area (Å²) in [5.74, 6) is 1.71. The summed E-state index contributed by atoms with van der Waals surface area (Å²) in [5, 5.41) is 12.2. The van der Waals surface area contributed by atoms with Gasteiger partial charge in [-0.15, -0.1) is 23.5 Å². The summed E-state index contributed by atoms with van der Waals surface area (Å²) in [6, 6.07) is 8.65. The van der Waals surface area contributed by atoms with E-state index >= 15 is 0 Å². The van der Waals surface area contributed by atoms with Crippen molar-refractivity contribution in [1.29, 1.82) is 0 Å². The highest BCUT2D eigenvalue weighted by Crippen LogP contribution is 2.51. The van der Waals surface area contributed by atoms with Crippen molar-refractivity contribution in [3.8, 4) is 0 Å². The molecule has 2 N–H and O–H groups in total. The summed E-state index contributed by atoms with van der Waals surface area (Å²) in [7, 11) is 0. The Kier molecular flexibility index (Phi) is 9.09. The molecule has 1 spiro atoms. The Morgan fingerprint density at radius 3 is 2.65 bits per heavy atom. The largest absolute Gasteiger partial charge is 0.465 e. The van der Waals surface area contributed by atoms with Gasteiger partial charge in [0.1, 0.15) is 12.6 Å². The minimum absolute atomic E-state index is 0.0214. The van der Waals surface area contributed by atoms with Crippen LogP contribution in [0.5, 0.6) is 0 Å². The lowest BCUT2D eigenvalue weighted by Gasteiger charge is -2.29. The summed E-state index contributed by atoms with van der Waals surface area (Å²) < 4.78 is 5.23. The van der Waals surface area contributed by atoms with Crippen molar-refractivity contribution >= 4 is 35.4 Å². The lowest BCUT2D eigenvalue weighted by atomic mass is 10.0. The quantitative estimate of drug-likeness (QED) is 0.308. The summed E-state index contributed by atoms with van der Waals surface area (Å²) in [6.45, 7) is 4.57. The molecule has 0 radical (unpaired) electrons. The normalized spacial score (nSPS) is 21.9. The maximum atomic E-state index is 13.3. The van der Waals surface area contributed by atoms with Crippen LogP contribution in [0.3, 0.4) is 0 Å². The van der Waals surface area contributed by atoms with Crippen molar-refractivity contribution in [2.75, 3.05) is 31.3 Å². The number of thioether (sulfide) groups is 2. The van der Waals surface area contributed by atoms with Gasteiger partial charge in [-0.05, 0) is 38.7 Å². The smallest absolute Gasteiger partial charge is 0.323 e. The molecule has 2 saturated heterocycles. The number of amides is 1. The molecule has 2 fully saturated rings. The van der Waals surface area contributed by atoms with Crippen LogP contribution in [0.25, 0.3) is 0 Å². The Morgan fingerprint density at radius 1 is 1.29 bits per heavy atom. The predicted octanol–water partition coefficient (Wildman–Crippen LogP) is 2.80. The number of nitrogens with one attached hydrogen (secondary N) is 1. The van der Waals surface area contributed by atoms with Gasteiger partial charge in [0.05, 0.1) is 22.8 Å². The highest BCUT2D eigenvalue weighted by atomic mass is 32.2. The second-order valence-corrected chi connectivity index (χ2v) is 11.2. The SMILES string of the molecule is CCOC(=O)C(CCc1ccccc1)NC(C)C(=O)N1CC2(C[C@H]1COO)SCCS2. The second kappa shape index (κ2) is 11.6. The summed E-state index contributed by atoms with van der Waals surface area (Å²) in [4.78, 5) is 32.1. The van der Waals surface area contributed by atoms with Crippen LogP contribution in [0.15, 0.2) is 30.3 Å². The van der Waals surface area contributed by atoms with Crippen molar-refractivity contribution < 1.29 is 24.5 Å². The monoisotopic (exact) mass is 468 g/mol. The Hall–Kier alpha value is -1.26. The van der Waals surface area contributed by atoms with Crippen molar-refractivity contribution in [2.45, 2.75) is 55.3 Å². The van der Waals surface area contributed by atoms with Gasteiger partial charge in [-0.3, -0.25) is 20.2 Å². The summed E-state index contributed by atoms with van der Waals surface area (Å²) in [6.07, 6.45) is 2.04. The molecule has 0 aliphatic carbocycles. The van der Waals surface area contributed by atoms with Crippen molar-refractivity contribution in [1.82, 2.24) is 10.2 Å². The van der Waals surface area contributed by atoms with E-state index in [4.69, 9.17) is 9.99 Å². The van der Waals surface area contributed by atoms with Crippen LogP contribution in [0, 0.1) is 0 Å². The molecule has 0 saturated carbocycles. The van der Waals surface area contributed by atoms with Gasteiger partial charge in [0.2, 0.25) is 5.91 Å². The van der Waals surface area contributed by atoms with Crippen LogP contribution < -0.4 is 5.32 Å². The number of esters is 1. The van der Waals surface area contributed by atoms with Gasteiger partial charge in [0.15, 0.2) is 0 Å². The molecule has 2 aliphatic heterocycles. The number of carbonyl (C=O) groups excluding carboxylic acids is 2. The third-order valence-electron chi connectivity index (χ3n) is 5.72. The van der Waals surface area contributed by atoms with E-state index in [1.165, 1.54) is 0 Å². The fourth-order valence-electron chi connectivity index (χ4n) is 4.21. The standard InChI is InChI=1S/C22H32N2O5S2/c1-3-28-21(26)19(10-9-17-7-5-4-6-8-17)23-16(2)20(25)24-15-22(30-11-12-31-22)13-18(24)14-29-27/h4-8,16,18-19,23,27H,3,9-15H2,1-2H3/t16?,18-,19?/m0/s1. The minimum atomic E-state index is -0.571. The van der Waals surface area contributed by atoms with Crippen LogP contribution >= 0.6 is 23.5 Å². The Balaban J connectivity index is 1.65. The number of nitrogens with zero attached hydrogens (tertiary/aromatic N) is 1. The fraction of sp³-hybridized carbons (Fsp3) is 0.636. The molecule has 31 heavy (non-hydrogen) atoms. The molecule has 9 heteroatoms. The zero-order chi connectivity index (χ0) is 22.3. The number of aryl methyl sites for hydroxylation is 1. The molecule has 0 bridgehead atoms. The number of likely N-dealkylation sites (tertiary alicyclic amines) is 1. The maximum absolute atomic E-state index is 13.3. The zero-order valence-corrected chi connectivity index (χ0v) is 19.8. The van der Waals surface area contributed by atoms with E-state index in [1.54, 1.807) is 18.7 Å². The average molecular weight is 469 g/mol. The van der Waals surface area contributed by atoms with Crippen LogP contribution in [0.2, 0.25) is 0 Å². The Labute approximate surface area is 192 Å². The van der Waals surface area contributed by atoms with E-state index in [2.05, 4.69) is 10.2 Å². The Morgan fingerprint density at radius 2 is 2.00 bits per heavy atom. The molecule has 1 amide bonds. The number of ether oxygens (including phenoxy) is 1. The molecule has 2 heterocycles. The molecule has 1 aromatic carbocycles. The molecular formula is C22H32N2O5S2. The third kappa shape index (κ3) is 6.38. The first-order valence-electron chi connectivity index (χ1n) is 10.8. The van der Waals surface area contributed by atoms with Crippen LogP contribution in [-0.4, -0.2) is 75.5 Å². The Bertz CT molecular complexity index is 730. The highest BCUT2D eigenvalue weighted by molar-refractivity contribution is 8.21. The maximum Gasteiger partial charge on any atom is 0.323 e. The minimum Gasteiger partial charge on any atom is -0.465 e. The number of carbonyl (C=O) groups is 2. The van der Waals surface area contributed by atoms with E-state index in [9.17, 15) is 9.59 Å². The van der Waals surface area contributed by atoms with Gasteiger partial charge < -0.3 is 9.64 Å². The average Bonchev–Trinajstić information content (AvgIpc) is 3.38. The highest BCUT2D eigenvalue weighted by Gasteiger charge is 2.49. The first-order chi connectivity index (χ1) is 15.0. The molecule has 1 aromatic rings. The number of hydrogen-bond donors (Lipinski definition) is 2. The first-order valence-corrected chi connectivity index (χ1v) is 12.8. The predicted molar refractivity (Wildman–Crippen MR) is 124 cm³/mol. The van der Waals surface area contributed by atoms with Gasteiger partial charge >= 0.3 is 5.97 Å². The van der Waals surface area contributed by atoms with Crippen molar-refractivity contribution in [3.05, 3.63) is 35.9 Å². The van der Waals surface area contributed by atoms with Crippen LogP contribution in [0.4, 0.5) is 0 Å². The second-order valence-electron chi connectivity index (χ2n) is 7.94. The third-order valence-corrected chi connectivity index (χ3v) is 9.15. The summed E-state index contributed by atoms with van der Waals surface area (Å²) in [5.41, 5.74) is 1.13. The number of hydrogen-bond acceptors (Lipinski definition) is 8. The molecule has 0 aromatic heterocycles. The zero-order valence-electron chi connectivity index (χ0n) is 18.1. The lowest BCUT2D eigenvalue weighted by molar-refractivity contribution is -0.250. The van der Waals surface area contributed by atoms with Crippen LogP contribution in [0.1, 0.15) is 32.3 Å². The molecule has 3 rings (SSSR count). The fourth-order valence-corrected chi connectivity index (χ4v) is 7.54. The van der Waals surface area contributed by atoms with Gasteiger partial charge in [0.25, 0.3) is 0 Å². The van der Waals surface area contributed by atoms with Gasteiger partial charge in [-0.1, -0.05) is 30.3 Å². The van der Waals surface area contributed by atoms with Crippen molar-refractivity contribution in [2.24, 2.45) is 0 Å². The van der Waals surface area contributed by atoms with Crippen molar-refractivity contribution in [3.63, 3.8) is 0 Å². The molecule has 2 aliphatic rings. The van der Waals surface area contributed by atoms with E-state index in [-0.39, 0.29) is 28.6 Å². The molecule has 2 unspecified atom stereocenters. The summed E-state index contributed by atoms with van der Waals surface area (Å²) >= 11 is 3.77. The van der Waals surface area contributed by atoms with E-state index in [1.807, 2.05) is 53.9 Å². The molecule has 7 nitrogen and oxygen atoms in total. The number of rotatable bonds is 10. The molecule has 172 valence electrons. The van der Waals surface area contributed by atoms with E-state index in [0.717, 1.165) is 23.5 Å². The number of benzene rings is 1. The van der Waals surface area contributed by atoms with E-state index < -0.39 is 12.1 Å². The lowest BCUT2D eigenvalue weighted by Crippen LogP contribution is -2.53. The molecule has 3 atom stereocenters. The topological polar surface area (TPSA) is 88.1 Å². The van der Waals surface area contributed by atoms with E-state index in [0.29, 0.717) is 26.0 Å². The van der Waals surface area contributed by atoms with Gasteiger partial charge in [-0.2, -0.15) is 0 Å². The van der Waals surface area contributed by atoms with Gasteiger partial charge in [0, 0.05) is 18.1 Å². The van der Waals surface area contributed by atoms with Crippen LogP contribution in [-0.2, 0) is 25.6 Å². The van der Waals surface area contributed by atoms with Gasteiger partial charge in [-0.25, -0.2) is 4.89 Å².